The molecule has 2 aliphatic heterocycles. The summed E-state index contributed by atoms with van der Waals surface area (Å²) in [5.74, 6) is -2.91. The molecule has 3 N–H and O–H groups in total. The summed E-state index contributed by atoms with van der Waals surface area (Å²) in [6.07, 6.45) is 0.509. The molecule has 0 unspecified atom stereocenters. The van der Waals surface area contributed by atoms with Crippen molar-refractivity contribution in [1.29, 1.82) is 0 Å². The van der Waals surface area contributed by atoms with Crippen molar-refractivity contribution in [2.75, 3.05) is 38.8 Å². The fourth-order valence-corrected chi connectivity index (χ4v) is 6.22. The maximum atomic E-state index is 15.5. The van der Waals surface area contributed by atoms with Crippen LogP contribution in [0.5, 0.6) is 0 Å². The van der Waals surface area contributed by atoms with Gasteiger partial charge in [0.05, 0.1) is 42.3 Å². The van der Waals surface area contributed by atoms with Gasteiger partial charge in [-0.15, -0.1) is 0 Å². The van der Waals surface area contributed by atoms with Crippen molar-refractivity contribution in [3.8, 4) is 0 Å². The van der Waals surface area contributed by atoms with Gasteiger partial charge in [-0.25, -0.2) is 4.39 Å². The first-order chi connectivity index (χ1) is 18.0. The molecular formula is C28H34Cl2FN3O4. The molecule has 2 amide bonds. The summed E-state index contributed by atoms with van der Waals surface area (Å²) in [6, 6.07) is 9.12. The molecular weight excluding hydrogens is 532 g/mol. The van der Waals surface area contributed by atoms with Gasteiger partial charge >= 0.3 is 0 Å². The number of methoxy groups -OCH3 is 1. The second-order valence-corrected chi connectivity index (χ2v) is 11.9. The Bertz CT molecular complexity index is 1210. The molecule has 2 aromatic rings. The number of benzene rings is 2. The number of anilines is 1. The summed E-state index contributed by atoms with van der Waals surface area (Å²) in [5.41, 5.74) is 0.393. The minimum Gasteiger partial charge on any atom is -0.382 e. The van der Waals surface area contributed by atoms with E-state index in [0.717, 1.165) is 5.56 Å². The topological polar surface area (TPSA) is 88.7 Å². The van der Waals surface area contributed by atoms with Crippen molar-refractivity contribution in [1.82, 2.24) is 10.6 Å². The number of nitrogens with one attached hydrogen (secondary N) is 3. The number of hydrogen-bond donors (Lipinski definition) is 3. The Morgan fingerprint density at radius 2 is 1.92 bits per heavy atom. The van der Waals surface area contributed by atoms with E-state index in [1.807, 2.05) is 6.07 Å². The predicted octanol–water partition coefficient (Wildman–Crippen LogP) is 4.87. The first kappa shape index (κ1) is 28.8. The SMILES string of the molecule is COCCOCCNC(=O)[C@@H]1N[C@@]2(CC(C)(C)C)c3ccc(Cl)cc3NC(=O)[C@@H]2[C@H]1c1cccc(Cl)c1F. The molecule has 0 radical (unpaired) electrons. The van der Waals surface area contributed by atoms with Crippen LogP contribution in [0.3, 0.4) is 0 Å². The van der Waals surface area contributed by atoms with Crippen molar-refractivity contribution in [3.05, 3.63) is 63.4 Å². The Hall–Kier alpha value is -2.23. The highest BCUT2D eigenvalue weighted by Gasteiger charge is 2.63. The van der Waals surface area contributed by atoms with Crippen molar-refractivity contribution in [3.63, 3.8) is 0 Å². The number of ether oxygens (including phenoxy) is 2. The molecule has 0 saturated carbocycles. The zero-order valence-electron chi connectivity index (χ0n) is 22.0. The summed E-state index contributed by atoms with van der Waals surface area (Å²) >= 11 is 12.4. The van der Waals surface area contributed by atoms with Crippen LogP contribution in [0.25, 0.3) is 0 Å². The molecule has 2 aliphatic rings. The smallest absolute Gasteiger partial charge is 0.237 e. The lowest BCUT2D eigenvalue weighted by molar-refractivity contribution is -0.123. The van der Waals surface area contributed by atoms with Crippen LogP contribution in [0.4, 0.5) is 10.1 Å². The molecule has 4 atom stereocenters. The number of halogens is 3. The minimum atomic E-state index is -0.961. The lowest BCUT2D eigenvalue weighted by Gasteiger charge is -2.45. The van der Waals surface area contributed by atoms with E-state index in [2.05, 4.69) is 36.7 Å². The second kappa shape index (κ2) is 11.5. The number of rotatable bonds is 9. The zero-order chi connectivity index (χ0) is 27.7. The Kier molecular flexibility index (Phi) is 8.69. The van der Waals surface area contributed by atoms with Gasteiger partial charge in [-0.05, 0) is 41.2 Å². The third kappa shape index (κ3) is 5.70. The van der Waals surface area contributed by atoms with E-state index in [1.165, 1.54) is 6.07 Å². The van der Waals surface area contributed by atoms with E-state index in [1.54, 1.807) is 31.4 Å². The molecule has 2 heterocycles. The lowest BCUT2D eigenvalue weighted by Crippen LogP contribution is -2.54. The van der Waals surface area contributed by atoms with Crippen molar-refractivity contribution >= 4 is 40.7 Å². The molecule has 0 aromatic heterocycles. The van der Waals surface area contributed by atoms with Crippen molar-refractivity contribution in [2.24, 2.45) is 11.3 Å². The molecule has 1 fully saturated rings. The average molecular weight is 567 g/mol. The highest BCUT2D eigenvalue weighted by molar-refractivity contribution is 6.31. The normalized spacial score (nSPS) is 24.5. The van der Waals surface area contributed by atoms with Gasteiger partial charge in [0, 0.05) is 30.3 Å². The van der Waals surface area contributed by atoms with Gasteiger partial charge in [-0.2, -0.15) is 0 Å². The van der Waals surface area contributed by atoms with Crippen LogP contribution in [-0.2, 0) is 24.6 Å². The van der Waals surface area contributed by atoms with Crippen molar-refractivity contribution in [2.45, 2.75) is 44.7 Å². The standard InChI is InChI=1S/C28H34Cl2FN3O4/c1-27(2,3)15-28-18-9-8-16(29)14-20(18)33-25(35)22(28)21(17-6-5-7-19(30)23(17)31)24(34-28)26(36)32-10-11-38-13-12-37-4/h5-9,14,21-22,24,34H,10-13,15H2,1-4H3,(H,32,36)(H,33,35)/t21-,22+,24-,28+/m1/s1. The zero-order valence-corrected chi connectivity index (χ0v) is 23.5. The largest absolute Gasteiger partial charge is 0.382 e. The molecule has 206 valence electrons. The van der Waals surface area contributed by atoms with Gasteiger partial charge in [0.1, 0.15) is 5.82 Å². The monoisotopic (exact) mass is 565 g/mol. The van der Waals surface area contributed by atoms with E-state index in [9.17, 15) is 9.59 Å². The van der Waals surface area contributed by atoms with Gasteiger partial charge in [0.2, 0.25) is 11.8 Å². The molecule has 0 bridgehead atoms. The van der Waals surface area contributed by atoms with E-state index >= 15 is 4.39 Å². The first-order valence-electron chi connectivity index (χ1n) is 12.7. The highest BCUT2D eigenvalue weighted by Crippen LogP contribution is 2.56. The summed E-state index contributed by atoms with van der Waals surface area (Å²) in [6.45, 7) is 7.61. The molecule has 10 heteroatoms. The fourth-order valence-electron chi connectivity index (χ4n) is 5.87. The lowest BCUT2D eigenvalue weighted by atomic mass is 9.64. The summed E-state index contributed by atoms with van der Waals surface area (Å²) < 4.78 is 26.0. The maximum absolute atomic E-state index is 15.5. The van der Waals surface area contributed by atoms with Crippen LogP contribution in [0.15, 0.2) is 36.4 Å². The van der Waals surface area contributed by atoms with Crippen LogP contribution in [0.2, 0.25) is 10.0 Å². The van der Waals surface area contributed by atoms with Crippen LogP contribution < -0.4 is 16.0 Å². The number of carbonyl (C=O) groups excluding carboxylic acids is 2. The van der Waals surface area contributed by atoms with Gasteiger partial charge in [-0.1, -0.05) is 62.2 Å². The van der Waals surface area contributed by atoms with Crippen molar-refractivity contribution < 1.29 is 23.5 Å². The summed E-state index contributed by atoms with van der Waals surface area (Å²) in [5, 5.41) is 9.82. The Morgan fingerprint density at radius 1 is 1.16 bits per heavy atom. The van der Waals surface area contributed by atoms with Crippen LogP contribution in [0.1, 0.15) is 44.2 Å². The molecule has 0 spiro atoms. The second-order valence-electron chi connectivity index (χ2n) is 11.1. The maximum Gasteiger partial charge on any atom is 0.237 e. The van der Waals surface area contributed by atoms with Crippen LogP contribution >= 0.6 is 23.2 Å². The fraction of sp³-hybridized carbons (Fsp3) is 0.500. The number of amides is 2. The number of carbonyl (C=O) groups is 2. The van der Waals surface area contributed by atoms with Gasteiger partial charge in [-0.3, -0.25) is 14.9 Å². The predicted molar refractivity (Wildman–Crippen MR) is 146 cm³/mol. The van der Waals surface area contributed by atoms with E-state index < -0.39 is 29.2 Å². The third-order valence-electron chi connectivity index (χ3n) is 7.07. The Balaban J connectivity index is 1.80. The van der Waals surface area contributed by atoms with E-state index in [0.29, 0.717) is 30.3 Å². The highest BCUT2D eigenvalue weighted by atomic mass is 35.5. The van der Waals surface area contributed by atoms with Crippen LogP contribution in [-0.4, -0.2) is 51.3 Å². The van der Waals surface area contributed by atoms with E-state index in [4.69, 9.17) is 32.7 Å². The number of fused-ring (bicyclic) bond motifs is 3. The molecule has 2 aromatic carbocycles. The van der Waals surface area contributed by atoms with E-state index in [-0.39, 0.29) is 41.0 Å². The molecule has 4 rings (SSSR count). The minimum absolute atomic E-state index is 0.0649. The Labute approximate surface area is 232 Å². The number of hydrogen-bond acceptors (Lipinski definition) is 5. The van der Waals surface area contributed by atoms with Gasteiger partial charge in [0.15, 0.2) is 0 Å². The molecule has 7 nitrogen and oxygen atoms in total. The third-order valence-corrected chi connectivity index (χ3v) is 7.60. The molecule has 1 saturated heterocycles. The van der Waals surface area contributed by atoms with Gasteiger partial charge in [0.25, 0.3) is 0 Å². The molecule has 38 heavy (non-hydrogen) atoms. The molecule has 0 aliphatic carbocycles. The van der Waals surface area contributed by atoms with Crippen LogP contribution in [0, 0.1) is 17.2 Å². The van der Waals surface area contributed by atoms with Gasteiger partial charge < -0.3 is 20.1 Å². The quantitative estimate of drug-likeness (QED) is 0.377. The first-order valence-corrected chi connectivity index (χ1v) is 13.4. The summed E-state index contributed by atoms with van der Waals surface area (Å²) in [7, 11) is 1.58. The Morgan fingerprint density at radius 3 is 2.63 bits per heavy atom. The summed E-state index contributed by atoms with van der Waals surface area (Å²) in [4.78, 5) is 27.5. The average Bonchev–Trinajstić information content (AvgIpc) is 3.17.